The van der Waals surface area contributed by atoms with Gasteiger partial charge in [-0.25, -0.2) is 9.78 Å². The van der Waals surface area contributed by atoms with Crippen LogP contribution in [0.15, 0.2) is 30.3 Å². The zero-order chi connectivity index (χ0) is 13.2. The van der Waals surface area contributed by atoms with Crippen LogP contribution in [0.3, 0.4) is 0 Å². The van der Waals surface area contributed by atoms with Crippen LogP contribution < -0.4 is 5.32 Å². The fourth-order valence-electron chi connectivity index (χ4n) is 2.25. The summed E-state index contributed by atoms with van der Waals surface area (Å²) in [7, 11) is 0. The van der Waals surface area contributed by atoms with E-state index in [9.17, 15) is 4.79 Å². The summed E-state index contributed by atoms with van der Waals surface area (Å²) in [5.74, 6) is 0.795. The number of hydrogen-bond donors (Lipinski definition) is 2. The third-order valence-electron chi connectivity index (χ3n) is 3.52. The Hall–Kier alpha value is -2.10. The van der Waals surface area contributed by atoms with E-state index < -0.39 is 5.97 Å². The van der Waals surface area contributed by atoms with Crippen molar-refractivity contribution in [1.29, 1.82) is 0 Å². The molecule has 1 heterocycles. The molecule has 1 aromatic carbocycles. The second kappa shape index (κ2) is 4.88. The largest absolute Gasteiger partial charge is 0.478 e. The maximum atomic E-state index is 11.1. The molecule has 4 nitrogen and oxygen atoms in total. The number of nitrogens with zero attached hydrogens (tertiary/aromatic N) is 1. The minimum atomic E-state index is -0.915. The quantitative estimate of drug-likeness (QED) is 0.862. The molecule has 19 heavy (non-hydrogen) atoms. The van der Waals surface area contributed by atoms with Crippen molar-refractivity contribution in [3.63, 3.8) is 0 Å². The number of aromatic nitrogens is 1. The second-order valence-electron chi connectivity index (χ2n) is 5.03. The molecule has 1 aliphatic carbocycles. The molecule has 98 valence electrons. The molecule has 0 amide bonds. The summed E-state index contributed by atoms with van der Waals surface area (Å²) in [6.45, 7) is 0.932. The predicted octanol–water partition coefficient (Wildman–Crippen LogP) is 3.15. The van der Waals surface area contributed by atoms with Gasteiger partial charge in [0.05, 0.1) is 11.1 Å². The maximum Gasteiger partial charge on any atom is 0.336 e. The van der Waals surface area contributed by atoms with Gasteiger partial charge in [-0.2, -0.15) is 0 Å². The zero-order valence-electron chi connectivity index (χ0n) is 10.6. The molecule has 0 saturated heterocycles. The van der Waals surface area contributed by atoms with Gasteiger partial charge < -0.3 is 10.4 Å². The van der Waals surface area contributed by atoms with Crippen LogP contribution in [0, 0.1) is 5.92 Å². The molecule has 0 radical (unpaired) electrons. The van der Waals surface area contributed by atoms with E-state index in [1.165, 1.54) is 19.3 Å². The van der Waals surface area contributed by atoms with E-state index in [1.54, 1.807) is 12.1 Å². The van der Waals surface area contributed by atoms with Gasteiger partial charge in [0, 0.05) is 11.9 Å². The van der Waals surface area contributed by atoms with Crippen LogP contribution in [-0.2, 0) is 0 Å². The number of rotatable bonds is 5. The van der Waals surface area contributed by atoms with Gasteiger partial charge in [-0.05, 0) is 36.6 Å². The van der Waals surface area contributed by atoms with Crippen molar-refractivity contribution < 1.29 is 9.90 Å². The number of benzene rings is 1. The van der Waals surface area contributed by atoms with Crippen LogP contribution >= 0.6 is 0 Å². The Morgan fingerprint density at radius 1 is 1.32 bits per heavy atom. The molecule has 2 N–H and O–H groups in total. The van der Waals surface area contributed by atoms with Crippen molar-refractivity contribution >= 4 is 22.7 Å². The van der Waals surface area contributed by atoms with Crippen LogP contribution in [0.2, 0.25) is 0 Å². The Bertz CT molecular complexity index is 621. The van der Waals surface area contributed by atoms with E-state index in [0.717, 1.165) is 23.8 Å². The first-order valence-electron chi connectivity index (χ1n) is 6.61. The summed E-state index contributed by atoms with van der Waals surface area (Å²) in [4.78, 5) is 15.6. The number of pyridine rings is 1. The number of carbonyl (C=O) groups is 1. The Morgan fingerprint density at radius 2 is 2.16 bits per heavy atom. The van der Waals surface area contributed by atoms with Gasteiger partial charge in [-0.15, -0.1) is 0 Å². The molecular formula is C15H16N2O2. The van der Waals surface area contributed by atoms with Crippen LogP contribution in [0.4, 0.5) is 5.82 Å². The Labute approximate surface area is 111 Å². The molecule has 1 aromatic heterocycles. The second-order valence-corrected chi connectivity index (χ2v) is 5.03. The van der Waals surface area contributed by atoms with E-state index in [2.05, 4.69) is 10.3 Å². The summed E-state index contributed by atoms with van der Waals surface area (Å²) >= 11 is 0. The van der Waals surface area contributed by atoms with Gasteiger partial charge in [0.15, 0.2) is 0 Å². The highest BCUT2D eigenvalue weighted by Crippen LogP contribution is 2.32. The molecule has 4 heteroatoms. The van der Waals surface area contributed by atoms with Crippen molar-refractivity contribution in [3.8, 4) is 0 Å². The lowest BCUT2D eigenvalue weighted by Crippen LogP contribution is -2.04. The van der Waals surface area contributed by atoms with Crippen LogP contribution in [-0.4, -0.2) is 22.6 Å². The zero-order valence-corrected chi connectivity index (χ0v) is 10.6. The lowest BCUT2D eigenvalue weighted by molar-refractivity contribution is 0.0699. The number of aromatic carboxylic acids is 1. The molecule has 2 aromatic rings. The molecule has 0 spiro atoms. The van der Waals surface area contributed by atoms with Crippen molar-refractivity contribution in [2.75, 3.05) is 11.9 Å². The van der Waals surface area contributed by atoms with E-state index in [4.69, 9.17) is 5.11 Å². The van der Waals surface area contributed by atoms with Crippen LogP contribution in [0.25, 0.3) is 10.9 Å². The third-order valence-corrected chi connectivity index (χ3v) is 3.52. The lowest BCUT2D eigenvalue weighted by atomic mass is 10.1. The molecule has 1 fully saturated rings. The van der Waals surface area contributed by atoms with Gasteiger partial charge in [-0.3, -0.25) is 0 Å². The first-order valence-corrected chi connectivity index (χ1v) is 6.61. The average Bonchev–Trinajstić information content (AvgIpc) is 3.22. The molecule has 1 aliphatic rings. The Morgan fingerprint density at radius 3 is 2.89 bits per heavy atom. The number of anilines is 1. The molecule has 3 rings (SSSR count). The minimum Gasteiger partial charge on any atom is -0.478 e. The highest BCUT2D eigenvalue weighted by Gasteiger charge is 2.20. The van der Waals surface area contributed by atoms with Crippen molar-refractivity contribution in [3.05, 3.63) is 35.9 Å². The summed E-state index contributed by atoms with van der Waals surface area (Å²) in [6.07, 6.45) is 3.90. The fourth-order valence-corrected chi connectivity index (χ4v) is 2.25. The SMILES string of the molecule is O=C(O)c1cccc2nc(NCCC3CC3)ccc12. The molecule has 0 atom stereocenters. The molecule has 0 aliphatic heterocycles. The molecule has 0 unspecified atom stereocenters. The standard InChI is InChI=1S/C15H16N2O2/c18-15(19)12-2-1-3-13-11(12)6-7-14(17-13)16-9-8-10-4-5-10/h1-3,6-7,10H,4-5,8-9H2,(H,16,17)(H,18,19). The van der Waals surface area contributed by atoms with Crippen LogP contribution in [0.5, 0.6) is 0 Å². The number of nitrogens with one attached hydrogen (secondary N) is 1. The lowest BCUT2D eigenvalue weighted by Gasteiger charge is -2.07. The smallest absolute Gasteiger partial charge is 0.336 e. The Kier molecular flexibility index (Phi) is 3.07. The Balaban J connectivity index is 1.81. The normalized spacial score (nSPS) is 14.5. The van der Waals surface area contributed by atoms with E-state index in [0.29, 0.717) is 10.9 Å². The first kappa shape index (κ1) is 12.0. The molecule has 0 bridgehead atoms. The number of carboxylic acids is 1. The van der Waals surface area contributed by atoms with Gasteiger partial charge in [0.2, 0.25) is 0 Å². The van der Waals surface area contributed by atoms with Crippen molar-refractivity contribution in [2.24, 2.45) is 5.92 Å². The van der Waals surface area contributed by atoms with Crippen molar-refractivity contribution in [1.82, 2.24) is 4.98 Å². The van der Waals surface area contributed by atoms with E-state index in [-0.39, 0.29) is 0 Å². The minimum absolute atomic E-state index is 0.300. The van der Waals surface area contributed by atoms with Gasteiger partial charge in [0.25, 0.3) is 0 Å². The summed E-state index contributed by atoms with van der Waals surface area (Å²) in [5, 5.41) is 13.1. The van der Waals surface area contributed by atoms with Gasteiger partial charge in [-0.1, -0.05) is 18.9 Å². The third kappa shape index (κ3) is 2.67. The summed E-state index contributed by atoms with van der Waals surface area (Å²) in [6, 6.07) is 8.85. The fraction of sp³-hybridized carbons (Fsp3) is 0.333. The summed E-state index contributed by atoms with van der Waals surface area (Å²) < 4.78 is 0. The number of carboxylic acid groups (broad SMARTS) is 1. The molecule has 1 saturated carbocycles. The maximum absolute atomic E-state index is 11.1. The van der Waals surface area contributed by atoms with E-state index >= 15 is 0 Å². The van der Waals surface area contributed by atoms with Crippen LogP contribution in [0.1, 0.15) is 29.6 Å². The highest BCUT2D eigenvalue weighted by molar-refractivity contribution is 6.02. The van der Waals surface area contributed by atoms with Crippen molar-refractivity contribution in [2.45, 2.75) is 19.3 Å². The monoisotopic (exact) mass is 256 g/mol. The first-order chi connectivity index (χ1) is 9.24. The molecular weight excluding hydrogens is 240 g/mol. The number of fused-ring (bicyclic) bond motifs is 1. The predicted molar refractivity (Wildman–Crippen MR) is 74.5 cm³/mol. The van der Waals surface area contributed by atoms with Gasteiger partial charge >= 0.3 is 5.97 Å². The average molecular weight is 256 g/mol. The number of hydrogen-bond acceptors (Lipinski definition) is 3. The van der Waals surface area contributed by atoms with E-state index in [1.807, 2.05) is 18.2 Å². The highest BCUT2D eigenvalue weighted by atomic mass is 16.4. The van der Waals surface area contributed by atoms with Gasteiger partial charge in [0.1, 0.15) is 5.82 Å². The topological polar surface area (TPSA) is 62.2 Å². The summed E-state index contributed by atoms with van der Waals surface area (Å²) in [5.41, 5.74) is 1.02.